The van der Waals surface area contributed by atoms with E-state index in [0.29, 0.717) is 0 Å². The van der Waals surface area contributed by atoms with Crippen molar-refractivity contribution in [3.8, 4) is 33.9 Å². The summed E-state index contributed by atoms with van der Waals surface area (Å²) in [7, 11) is 4.07. The second-order valence-electron chi connectivity index (χ2n) is 9.33. The summed E-state index contributed by atoms with van der Waals surface area (Å²) in [4.78, 5) is 19.2. The van der Waals surface area contributed by atoms with Gasteiger partial charge in [0.15, 0.2) is 0 Å². The molecule has 0 bridgehead atoms. The molecule has 0 aliphatic rings. The second kappa shape index (κ2) is 8.66. The van der Waals surface area contributed by atoms with Gasteiger partial charge in [0.1, 0.15) is 11.5 Å². The minimum Gasteiger partial charge on any atom is -0.353 e. The normalized spacial score (nSPS) is 11.7. The van der Waals surface area contributed by atoms with Crippen molar-refractivity contribution in [3.63, 3.8) is 0 Å². The van der Waals surface area contributed by atoms with Crippen LogP contribution in [0, 0.1) is 12.7 Å². The highest BCUT2D eigenvalue weighted by Crippen LogP contribution is 2.34. The van der Waals surface area contributed by atoms with E-state index in [-0.39, 0.29) is 5.82 Å². The molecule has 6 rings (SSSR count). The molecule has 0 fully saturated rings. The predicted molar refractivity (Wildman–Crippen MR) is 140 cm³/mol. The molecule has 0 radical (unpaired) electrons. The zero-order valence-corrected chi connectivity index (χ0v) is 20.2. The molecule has 36 heavy (non-hydrogen) atoms. The Hall–Kier alpha value is -4.43. The molecule has 0 unspecified atom stereocenters. The third-order valence-electron chi connectivity index (χ3n) is 6.16. The standard InChI is InChI=1S/C28H24FN7/c1-16-6-18(9-20(29)7-16)27-21-11-25(33-23(21)4-5-31-27)28-22-10-24(32-14-26(22)34-35-28)19-8-17(12-30-13-19)15-36(2)3/h4-14,33H,15H2,1-3H3,(H,34,35). The van der Waals surface area contributed by atoms with E-state index in [4.69, 9.17) is 0 Å². The lowest BCUT2D eigenvalue weighted by atomic mass is 10.0. The number of nitrogens with zero attached hydrogens (tertiary/aromatic N) is 5. The van der Waals surface area contributed by atoms with E-state index in [0.717, 1.165) is 73.4 Å². The fourth-order valence-corrected chi connectivity index (χ4v) is 4.64. The Labute approximate surface area is 207 Å². The molecule has 0 aliphatic heterocycles. The molecule has 0 atom stereocenters. The van der Waals surface area contributed by atoms with Gasteiger partial charge in [-0.1, -0.05) is 0 Å². The van der Waals surface area contributed by atoms with E-state index in [1.165, 1.54) is 12.1 Å². The van der Waals surface area contributed by atoms with Crippen LogP contribution in [0.15, 0.2) is 67.3 Å². The lowest BCUT2D eigenvalue weighted by Gasteiger charge is -2.10. The molecule has 2 N–H and O–H groups in total. The molecule has 1 aromatic carbocycles. The van der Waals surface area contributed by atoms with Crippen molar-refractivity contribution < 1.29 is 4.39 Å². The van der Waals surface area contributed by atoms with E-state index in [1.54, 1.807) is 12.4 Å². The number of hydrogen-bond donors (Lipinski definition) is 2. The number of aryl methyl sites for hydroxylation is 1. The number of fused-ring (bicyclic) bond motifs is 2. The SMILES string of the molecule is Cc1cc(F)cc(-c2nccc3[nH]c(-c4n[nH]c5cnc(-c6cncc(CN(C)C)c6)cc45)cc23)c1. The zero-order valence-electron chi connectivity index (χ0n) is 20.2. The summed E-state index contributed by atoms with van der Waals surface area (Å²) in [6, 6.07) is 13.1. The van der Waals surface area contributed by atoms with Crippen molar-refractivity contribution in [1.29, 1.82) is 0 Å². The Morgan fingerprint density at radius 1 is 0.861 bits per heavy atom. The summed E-state index contributed by atoms with van der Waals surface area (Å²) in [6.45, 7) is 2.68. The monoisotopic (exact) mass is 477 g/mol. The largest absolute Gasteiger partial charge is 0.353 e. The first-order valence-electron chi connectivity index (χ1n) is 11.6. The third kappa shape index (κ3) is 4.01. The number of aromatic nitrogens is 6. The van der Waals surface area contributed by atoms with Crippen molar-refractivity contribution in [2.24, 2.45) is 0 Å². The van der Waals surface area contributed by atoms with Crippen LogP contribution in [0.4, 0.5) is 4.39 Å². The summed E-state index contributed by atoms with van der Waals surface area (Å²) in [5.74, 6) is -0.276. The molecule has 0 aliphatic carbocycles. The van der Waals surface area contributed by atoms with E-state index >= 15 is 0 Å². The number of benzene rings is 1. The number of aromatic amines is 2. The maximum Gasteiger partial charge on any atom is 0.124 e. The van der Waals surface area contributed by atoms with E-state index < -0.39 is 0 Å². The molecule has 5 heterocycles. The topological polar surface area (TPSA) is 86.4 Å². The Morgan fingerprint density at radius 3 is 2.56 bits per heavy atom. The average molecular weight is 478 g/mol. The second-order valence-corrected chi connectivity index (χ2v) is 9.33. The number of rotatable bonds is 5. The molecule has 5 aromatic heterocycles. The van der Waals surface area contributed by atoms with Crippen LogP contribution in [0.2, 0.25) is 0 Å². The van der Waals surface area contributed by atoms with Crippen LogP contribution in [0.3, 0.4) is 0 Å². The predicted octanol–water partition coefficient (Wildman–Crippen LogP) is 5.74. The van der Waals surface area contributed by atoms with Crippen LogP contribution in [-0.2, 0) is 6.54 Å². The van der Waals surface area contributed by atoms with Gasteiger partial charge in [-0.15, -0.1) is 0 Å². The van der Waals surface area contributed by atoms with E-state index in [2.05, 4.69) is 41.1 Å². The van der Waals surface area contributed by atoms with Gasteiger partial charge >= 0.3 is 0 Å². The van der Waals surface area contributed by atoms with Crippen LogP contribution < -0.4 is 0 Å². The first-order valence-corrected chi connectivity index (χ1v) is 11.6. The summed E-state index contributed by atoms with van der Waals surface area (Å²) < 4.78 is 14.1. The number of pyridine rings is 3. The van der Waals surface area contributed by atoms with Crippen LogP contribution in [0.5, 0.6) is 0 Å². The van der Waals surface area contributed by atoms with Gasteiger partial charge in [0.2, 0.25) is 0 Å². The van der Waals surface area contributed by atoms with Crippen LogP contribution in [0.1, 0.15) is 11.1 Å². The van der Waals surface area contributed by atoms with Gasteiger partial charge in [-0.2, -0.15) is 5.10 Å². The quantitative estimate of drug-likeness (QED) is 0.331. The first kappa shape index (κ1) is 22.1. The molecule has 6 aromatic rings. The maximum absolute atomic E-state index is 14.1. The highest BCUT2D eigenvalue weighted by atomic mass is 19.1. The minimum absolute atomic E-state index is 0.276. The summed E-state index contributed by atoms with van der Waals surface area (Å²) in [5, 5.41) is 9.52. The minimum atomic E-state index is -0.276. The lowest BCUT2D eigenvalue weighted by molar-refractivity contribution is 0.402. The van der Waals surface area contributed by atoms with Crippen molar-refractivity contribution >= 4 is 21.8 Å². The number of H-pyrrole nitrogens is 2. The van der Waals surface area contributed by atoms with Crippen molar-refractivity contribution in [2.45, 2.75) is 13.5 Å². The van der Waals surface area contributed by atoms with Gasteiger partial charge < -0.3 is 9.88 Å². The smallest absolute Gasteiger partial charge is 0.124 e. The first-order chi connectivity index (χ1) is 17.4. The molecular weight excluding hydrogens is 453 g/mol. The van der Waals surface area contributed by atoms with Gasteiger partial charge in [-0.25, -0.2) is 4.39 Å². The van der Waals surface area contributed by atoms with Gasteiger partial charge in [0.25, 0.3) is 0 Å². The zero-order chi connectivity index (χ0) is 24.8. The average Bonchev–Trinajstić information content (AvgIpc) is 3.46. The van der Waals surface area contributed by atoms with Crippen LogP contribution in [0.25, 0.3) is 55.7 Å². The summed E-state index contributed by atoms with van der Waals surface area (Å²) in [5.41, 5.74) is 8.58. The molecule has 0 amide bonds. The molecule has 0 spiro atoms. The third-order valence-corrected chi connectivity index (χ3v) is 6.16. The van der Waals surface area contributed by atoms with E-state index in [1.807, 2.05) is 57.7 Å². The number of hydrogen-bond acceptors (Lipinski definition) is 5. The van der Waals surface area contributed by atoms with E-state index in [9.17, 15) is 4.39 Å². The maximum atomic E-state index is 14.1. The fraction of sp³-hybridized carbons (Fsp3) is 0.143. The molecule has 0 saturated carbocycles. The summed E-state index contributed by atoms with van der Waals surface area (Å²) in [6.07, 6.45) is 7.23. The Balaban J connectivity index is 1.45. The molecule has 178 valence electrons. The Morgan fingerprint density at radius 2 is 1.72 bits per heavy atom. The van der Waals surface area contributed by atoms with Crippen molar-refractivity contribution in [1.82, 2.24) is 35.0 Å². The number of halogens is 1. The molecule has 0 saturated heterocycles. The fourth-order valence-electron chi connectivity index (χ4n) is 4.64. The van der Waals surface area contributed by atoms with Crippen LogP contribution >= 0.6 is 0 Å². The van der Waals surface area contributed by atoms with Gasteiger partial charge in [-0.3, -0.25) is 20.1 Å². The summed E-state index contributed by atoms with van der Waals surface area (Å²) >= 11 is 0. The highest BCUT2D eigenvalue weighted by molar-refractivity contribution is 6.00. The van der Waals surface area contributed by atoms with Crippen molar-refractivity contribution in [2.75, 3.05) is 14.1 Å². The van der Waals surface area contributed by atoms with Crippen LogP contribution in [-0.4, -0.2) is 49.1 Å². The molecule has 8 heteroatoms. The lowest BCUT2D eigenvalue weighted by Crippen LogP contribution is -2.10. The molecule has 7 nitrogen and oxygen atoms in total. The van der Waals surface area contributed by atoms with Gasteiger partial charge in [0.05, 0.1) is 28.8 Å². The molecular formula is C28H24FN7. The Bertz CT molecular complexity index is 1710. The Kier molecular flexibility index (Phi) is 5.30. The highest BCUT2D eigenvalue weighted by Gasteiger charge is 2.16. The number of nitrogens with one attached hydrogen (secondary N) is 2. The van der Waals surface area contributed by atoms with Crippen molar-refractivity contribution in [3.05, 3.63) is 84.2 Å². The van der Waals surface area contributed by atoms with Gasteiger partial charge in [-0.05, 0) is 74.6 Å². The van der Waals surface area contributed by atoms with Gasteiger partial charge in [0, 0.05) is 52.6 Å².